The van der Waals surface area contributed by atoms with Crippen molar-refractivity contribution in [2.45, 2.75) is 70.5 Å². The van der Waals surface area contributed by atoms with Crippen LogP contribution in [0.15, 0.2) is 59.8 Å². The van der Waals surface area contributed by atoms with Crippen LogP contribution in [0.2, 0.25) is 0 Å². The highest BCUT2D eigenvalue weighted by Gasteiger charge is 2.29. The van der Waals surface area contributed by atoms with Crippen molar-refractivity contribution >= 4 is 29.5 Å². The molecule has 0 N–H and O–H groups in total. The van der Waals surface area contributed by atoms with Gasteiger partial charge in [0.2, 0.25) is 11.8 Å². The summed E-state index contributed by atoms with van der Waals surface area (Å²) >= 11 is 1.67. The second kappa shape index (κ2) is 15.5. The molecule has 2 aromatic carbocycles. The van der Waals surface area contributed by atoms with Gasteiger partial charge >= 0.3 is 5.97 Å². The zero-order chi connectivity index (χ0) is 29.9. The van der Waals surface area contributed by atoms with Crippen LogP contribution in [0.1, 0.15) is 62.9 Å². The van der Waals surface area contributed by atoms with Crippen LogP contribution in [-0.2, 0) is 25.5 Å². The number of unbranched alkanes of at least 4 members (excludes halogenated alkanes) is 1. The first kappa shape index (κ1) is 31.3. The van der Waals surface area contributed by atoms with Gasteiger partial charge in [-0.3, -0.25) is 19.0 Å². The van der Waals surface area contributed by atoms with Crippen LogP contribution in [0.3, 0.4) is 0 Å². The van der Waals surface area contributed by atoms with Crippen molar-refractivity contribution in [2.75, 3.05) is 32.0 Å². The summed E-state index contributed by atoms with van der Waals surface area (Å²) in [6, 6.07) is 18.6. The van der Waals surface area contributed by atoms with E-state index in [0.717, 1.165) is 35.3 Å². The minimum absolute atomic E-state index is 0.0647. The molecule has 1 saturated heterocycles. The van der Waals surface area contributed by atoms with Gasteiger partial charge < -0.3 is 14.5 Å². The number of aromatic nitrogens is 3. The molecule has 1 unspecified atom stereocenters. The summed E-state index contributed by atoms with van der Waals surface area (Å²) in [6.07, 6.45) is 3.07. The Morgan fingerprint density at radius 2 is 1.69 bits per heavy atom. The van der Waals surface area contributed by atoms with Gasteiger partial charge in [-0.2, -0.15) is 0 Å². The summed E-state index contributed by atoms with van der Waals surface area (Å²) in [7, 11) is 0. The van der Waals surface area contributed by atoms with Crippen LogP contribution in [0.25, 0.3) is 5.69 Å². The number of aryl methyl sites for hydroxylation is 1. The maximum Gasteiger partial charge on any atom is 0.306 e. The van der Waals surface area contributed by atoms with Crippen molar-refractivity contribution in [3.8, 4) is 5.69 Å². The molecule has 1 atom stereocenters. The minimum Gasteiger partial charge on any atom is -0.466 e. The molecule has 9 nitrogen and oxygen atoms in total. The first-order chi connectivity index (χ1) is 20.4. The molecule has 0 saturated carbocycles. The topological polar surface area (TPSA) is 97.6 Å². The predicted octanol–water partition coefficient (Wildman–Crippen LogP) is 4.83. The standard InChI is InChI=1S/C32H41N5O4S/c1-4-41-31(40)18-17-30(39)36-20-19-35(23-25(36)3)29(38)12-8-9-21-42-32-34-33-28(22-26-10-6-5-7-11-26)37(32)27-15-13-24(2)14-16-27/h5-7,10-11,13-16,25H,4,8-9,12,17-23H2,1-3H3. The van der Waals surface area contributed by atoms with Gasteiger partial charge in [0.05, 0.1) is 13.0 Å². The molecule has 2 amide bonds. The molecule has 4 rings (SSSR count). The van der Waals surface area contributed by atoms with Crippen LogP contribution in [0.5, 0.6) is 0 Å². The van der Waals surface area contributed by atoms with E-state index in [1.165, 1.54) is 11.1 Å². The van der Waals surface area contributed by atoms with Gasteiger partial charge in [0.15, 0.2) is 5.16 Å². The number of thioether (sulfide) groups is 1. The molecule has 0 bridgehead atoms. The molecule has 1 aliphatic heterocycles. The largest absolute Gasteiger partial charge is 0.466 e. The van der Waals surface area contributed by atoms with E-state index in [4.69, 9.17) is 4.74 Å². The third kappa shape index (κ3) is 8.67. The number of amides is 2. The van der Waals surface area contributed by atoms with Gasteiger partial charge in [-0.1, -0.05) is 59.8 Å². The quantitative estimate of drug-likeness (QED) is 0.160. The Hall–Kier alpha value is -3.66. The third-order valence-electron chi connectivity index (χ3n) is 7.36. The number of esters is 1. The van der Waals surface area contributed by atoms with Gasteiger partial charge in [0.25, 0.3) is 0 Å². The summed E-state index contributed by atoms with van der Waals surface area (Å²) in [5.74, 6) is 1.44. The number of nitrogens with zero attached hydrogens (tertiary/aromatic N) is 5. The van der Waals surface area contributed by atoms with Crippen LogP contribution < -0.4 is 0 Å². The summed E-state index contributed by atoms with van der Waals surface area (Å²) in [4.78, 5) is 40.7. The Balaban J connectivity index is 1.24. The van der Waals surface area contributed by atoms with Crippen LogP contribution in [-0.4, -0.2) is 80.4 Å². The van der Waals surface area contributed by atoms with E-state index in [9.17, 15) is 14.4 Å². The Morgan fingerprint density at radius 3 is 2.40 bits per heavy atom. The molecule has 1 fully saturated rings. The van der Waals surface area contributed by atoms with Crippen molar-refractivity contribution < 1.29 is 19.1 Å². The van der Waals surface area contributed by atoms with Crippen LogP contribution in [0, 0.1) is 6.92 Å². The fraction of sp³-hybridized carbons (Fsp3) is 0.469. The SMILES string of the molecule is CCOC(=O)CCC(=O)N1CCN(C(=O)CCCCSc2nnc(Cc3ccccc3)n2-c2ccc(C)cc2)CC1C. The first-order valence-electron chi connectivity index (χ1n) is 14.8. The first-order valence-corrected chi connectivity index (χ1v) is 15.7. The average Bonchev–Trinajstić information content (AvgIpc) is 3.38. The van der Waals surface area contributed by atoms with E-state index < -0.39 is 0 Å². The van der Waals surface area contributed by atoms with Gasteiger partial charge in [-0.05, 0) is 51.3 Å². The van der Waals surface area contributed by atoms with E-state index in [0.29, 0.717) is 39.1 Å². The van der Waals surface area contributed by atoms with Gasteiger partial charge in [0, 0.05) is 56.4 Å². The Kier molecular flexibility index (Phi) is 11.6. The van der Waals surface area contributed by atoms with Crippen molar-refractivity contribution in [2.24, 2.45) is 0 Å². The molecule has 3 aromatic rings. The fourth-order valence-corrected chi connectivity index (χ4v) is 6.05. The van der Waals surface area contributed by atoms with Crippen LogP contribution in [0.4, 0.5) is 0 Å². The molecule has 224 valence electrons. The number of ether oxygens (including phenoxy) is 1. The second-order valence-electron chi connectivity index (χ2n) is 10.6. The Bertz CT molecular complexity index is 1330. The summed E-state index contributed by atoms with van der Waals surface area (Å²) in [6.45, 7) is 7.62. The number of rotatable bonds is 13. The molecule has 1 aromatic heterocycles. The molecule has 0 aliphatic carbocycles. The summed E-state index contributed by atoms with van der Waals surface area (Å²) < 4.78 is 7.05. The molecule has 1 aliphatic rings. The van der Waals surface area contributed by atoms with Crippen molar-refractivity contribution in [1.82, 2.24) is 24.6 Å². The normalized spacial score (nSPS) is 15.1. The highest BCUT2D eigenvalue weighted by atomic mass is 32.2. The number of piperazine rings is 1. The summed E-state index contributed by atoms with van der Waals surface area (Å²) in [5.41, 5.74) is 3.43. The van der Waals surface area contributed by atoms with Crippen LogP contribution >= 0.6 is 11.8 Å². The molecular weight excluding hydrogens is 550 g/mol. The molecule has 42 heavy (non-hydrogen) atoms. The fourth-order valence-electron chi connectivity index (χ4n) is 5.08. The van der Waals surface area contributed by atoms with Gasteiger partial charge in [-0.15, -0.1) is 10.2 Å². The predicted molar refractivity (Wildman–Crippen MR) is 164 cm³/mol. The van der Waals surface area contributed by atoms with Gasteiger partial charge in [-0.25, -0.2) is 0 Å². The Labute approximate surface area is 252 Å². The highest BCUT2D eigenvalue weighted by molar-refractivity contribution is 7.99. The lowest BCUT2D eigenvalue weighted by atomic mass is 10.1. The molecule has 0 spiro atoms. The highest BCUT2D eigenvalue weighted by Crippen LogP contribution is 2.25. The zero-order valence-electron chi connectivity index (χ0n) is 24.8. The maximum absolute atomic E-state index is 12.9. The van der Waals surface area contributed by atoms with E-state index >= 15 is 0 Å². The maximum atomic E-state index is 12.9. The smallest absolute Gasteiger partial charge is 0.306 e. The Morgan fingerprint density at radius 1 is 0.929 bits per heavy atom. The number of carbonyl (C=O) groups is 3. The number of carbonyl (C=O) groups excluding carboxylic acids is 3. The van der Waals surface area contributed by atoms with E-state index in [1.54, 1.807) is 23.6 Å². The third-order valence-corrected chi connectivity index (χ3v) is 8.38. The minimum atomic E-state index is -0.353. The average molecular weight is 592 g/mol. The number of hydrogen-bond acceptors (Lipinski definition) is 7. The summed E-state index contributed by atoms with van der Waals surface area (Å²) in [5, 5.41) is 9.91. The van der Waals surface area contributed by atoms with E-state index in [1.807, 2.05) is 30.0 Å². The lowest BCUT2D eigenvalue weighted by Gasteiger charge is -2.40. The lowest BCUT2D eigenvalue weighted by Crippen LogP contribution is -2.55. The molecule has 10 heteroatoms. The van der Waals surface area contributed by atoms with Crippen molar-refractivity contribution in [1.29, 1.82) is 0 Å². The second-order valence-corrected chi connectivity index (χ2v) is 11.7. The van der Waals surface area contributed by atoms with E-state index in [-0.39, 0.29) is 36.7 Å². The number of benzene rings is 2. The molecule has 0 radical (unpaired) electrons. The lowest BCUT2D eigenvalue weighted by molar-refractivity contribution is -0.147. The zero-order valence-corrected chi connectivity index (χ0v) is 25.6. The number of hydrogen-bond donors (Lipinski definition) is 0. The van der Waals surface area contributed by atoms with Gasteiger partial charge in [0.1, 0.15) is 5.82 Å². The molecular formula is C32H41N5O4S. The molecule has 2 heterocycles. The van der Waals surface area contributed by atoms with E-state index in [2.05, 4.69) is 58.1 Å². The monoisotopic (exact) mass is 591 g/mol. The van der Waals surface area contributed by atoms with Crippen molar-refractivity contribution in [3.05, 3.63) is 71.5 Å². The van der Waals surface area contributed by atoms with Crippen molar-refractivity contribution in [3.63, 3.8) is 0 Å².